The molecule has 1 atom stereocenters. The maximum absolute atomic E-state index is 13.0. The highest BCUT2D eigenvalue weighted by Gasteiger charge is 2.34. The normalized spacial score (nSPS) is 13.0. The first-order chi connectivity index (χ1) is 9.79. The molecule has 1 N–H and O–H groups in total. The Morgan fingerprint density at radius 3 is 2.38 bits per heavy atom. The van der Waals surface area contributed by atoms with E-state index in [-0.39, 0.29) is 5.56 Å². The van der Waals surface area contributed by atoms with Crippen LogP contribution < -0.4 is 5.32 Å². The molecule has 0 heterocycles. The number of anilines is 1. The summed E-state index contributed by atoms with van der Waals surface area (Å²) >= 11 is 3.37. The van der Waals surface area contributed by atoms with Crippen molar-refractivity contribution in [2.75, 3.05) is 5.32 Å². The predicted octanol–water partition coefficient (Wildman–Crippen LogP) is 5.95. The van der Waals surface area contributed by atoms with Crippen molar-refractivity contribution in [1.82, 2.24) is 0 Å². The highest BCUT2D eigenvalue weighted by atomic mass is 79.9. The summed E-state index contributed by atoms with van der Waals surface area (Å²) in [6.07, 6.45) is -4.35. The summed E-state index contributed by atoms with van der Waals surface area (Å²) in [7, 11) is 0. The number of aryl methyl sites for hydroxylation is 1. The number of benzene rings is 2. The molecule has 0 radical (unpaired) electrons. The third-order valence-electron chi connectivity index (χ3n) is 3.29. The van der Waals surface area contributed by atoms with Gasteiger partial charge in [0.05, 0.1) is 5.56 Å². The Hall–Kier alpha value is -1.49. The number of hydrogen-bond acceptors (Lipinski definition) is 1. The van der Waals surface area contributed by atoms with E-state index in [0.29, 0.717) is 0 Å². The average Bonchev–Trinajstić information content (AvgIpc) is 2.41. The fourth-order valence-electron chi connectivity index (χ4n) is 2.23. The van der Waals surface area contributed by atoms with E-state index in [1.165, 1.54) is 12.1 Å². The molecule has 112 valence electrons. The number of hydrogen-bond donors (Lipinski definition) is 1. The SMILES string of the molecule is Cc1cc(Br)ccc1NC(C)c1ccccc1C(F)(F)F. The van der Waals surface area contributed by atoms with Gasteiger partial charge in [-0.15, -0.1) is 0 Å². The Labute approximate surface area is 130 Å². The molecule has 2 rings (SSSR count). The summed E-state index contributed by atoms with van der Waals surface area (Å²) in [5.41, 5.74) is 1.44. The molecule has 0 amide bonds. The van der Waals surface area contributed by atoms with Crippen LogP contribution >= 0.6 is 15.9 Å². The second-order valence-electron chi connectivity index (χ2n) is 4.91. The first kappa shape index (κ1) is 15.9. The van der Waals surface area contributed by atoms with Gasteiger partial charge in [0.1, 0.15) is 0 Å². The molecule has 2 aromatic carbocycles. The summed E-state index contributed by atoms with van der Waals surface area (Å²) in [5.74, 6) is 0. The number of halogens is 4. The minimum atomic E-state index is -4.35. The van der Waals surface area contributed by atoms with Crippen LogP contribution in [0.4, 0.5) is 18.9 Å². The first-order valence-corrected chi connectivity index (χ1v) is 7.27. The number of nitrogens with one attached hydrogen (secondary N) is 1. The second-order valence-corrected chi connectivity index (χ2v) is 5.83. The van der Waals surface area contributed by atoms with Crippen LogP contribution in [0.15, 0.2) is 46.9 Å². The van der Waals surface area contributed by atoms with E-state index in [9.17, 15) is 13.2 Å². The van der Waals surface area contributed by atoms with Crippen LogP contribution in [0.25, 0.3) is 0 Å². The summed E-state index contributed by atoms with van der Waals surface area (Å²) < 4.78 is 40.1. The minimum absolute atomic E-state index is 0.243. The van der Waals surface area contributed by atoms with Crippen molar-refractivity contribution in [3.05, 3.63) is 63.6 Å². The van der Waals surface area contributed by atoms with Crippen molar-refractivity contribution in [1.29, 1.82) is 0 Å². The molecule has 0 saturated carbocycles. The van der Waals surface area contributed by atoms with Gasteiger partial charge >= 0.3 is 6.18 Å². The lowest BCUT2D eigenvalue weighted by Gasteiger charge is -2.21. The molecular weight excluding hydrogens is 343 g/mol. The quantitative estimate of drug-likeness (QED) is 0.715. The molecule has 1 nitrogen and oxygen atoms in total. The predicted molar refractivity (Wildman–Crippen MR) is 82.4 cm³/mol. The Morgan fingerprint density at radius 1 is 1.10 bits per heavy atom. The molecular formula is C16H15BrF3N. The van der Waals surface area contributed by atoms with E-state index in [2.05, 4.69) is 21.2 Å². The molecule has 2 aromatic rings. The maximum atomic E-state index is 13.0. The van der Waals surface area contributed by atoms with E-state index >= 15 is 0 Å². The third kappa shape index (κ3) is 3.79. The molecule has 0 aliphatic rings. The third-order valence-corrected chi connectivity index (χ3v) is 3.79. The standard InChI is InChI=1S/C16H15BrF3N/c1-10-9-12(17)7-8-15(10)21-11(2)13-5-3-4-6-14(13)16(18,19)20/h3-9,11,21H,1-2H3. The monoisotopic (exact) mass is 357 g/mol. The summed E-state index contributed by atoms with van der Waals surface area (Å²) in [4.78, 5) is 0. The van der Waals surface area contributed by atoms with Crippen LogP contribution in [0, 0.1) is 6.92 Å². The van der Waals surface area contributed by atoms with Crippen molar-refractivity contribution in [3.8, 4) is 0 Å². The smallest absolute Gasteiger partial charge is 0.378 e. The maximum Gasteiger partial charge on any atom is 0.416 e. The molecule has 0 fully saturated rings. The number of alkyl halides is 3. The molecule has 5 heteroatoms. The topological polar surface area (TPSA) is 12.0 Å². The molecule has 0 aliphatic heterocycles. The van der Waals surface area contributed by atoms with Gasteiger partial charge in [-0.2, -0.15) is 13.2 Å². The average molecular weight is 358 g/mol. The highest BCUT2D eigenvalue weighted by Crippen LogP contribution is 2.35. The van der Waals surface area contributed by atoms with E-state index in [1.54, 1.807) is 13.0 Å². The van der Waals surface area contributed by atoms with Crippen LogP contribution in [0.5, 0.6) is 0 Å². The van der Waals surface area contributed by atoms with Gasteiger partial charge in [0.15, 0.2) is 0 Å². The van der Waals surface area contributed by atoms with Crippen molar-refractivity contribution in [2.45, 2.75) is 26.1 Å². The molecule has 0 saturated heterocycles. The highest BCUT2D eigenvalue weighted by molar-refractivity contribution is 9.10. The second kappa shape index (κ2) is 6.10. The molecule has 0 aromatic heterocycles. The van der Waals surface area contributed by atoms with Crippen molar-refractivity contribution >= 4 is 21.6 Å². The Kier molecular flexibility index (Phi) is 4.61. The first-order valence-electron chi connectivity index (χ1n) is 6.48. The lowest BCUT2D eigenvalue weighted by Crippen LogP contribution is -2.15. The molecule has 0 spiro atoms. The van der Waals surface area contributed by atoms with Crippen LogP contribution in [0.3, 0.4) is 0 Å². The van der Waals surface area contributed by atoms with E-state index in [0.717, 1.165) is 21.8 Å². The van der Waals surface area contributed by atoms with Gasteiger partial charge in [-0.1, -0.05) is 34.1 Å². The van der Waals surface area contributed by atoms with Crippen molar-refractivity contribution < 1.29 is 13.2 Å². The van der Waals surface area contributed by atoms with Crippen LogP contribution in [-0.4, -0.2) is 0 Å². The van der Waals surface area contributed by atoms with E-state index in [1.807, 2.05) is 25.1 Å². The van der Waals surface area contributed by atoms with Gasteiger partial charge in [-0.3, -0.25) is 0 Å². The Bertz CT molecular complexity index is 638. The van der Waals surface area contributed by atoms with Crippen molar-refractivity contribution in [2.24, 2.45) is 0 Å². The zero-order valence-corrected chi connectivity index (χ0v) is 13.2. The van der Waals surface area contributed by atoms with E-state index in [4.69, 9.17) is 0 Å². The van der Waals surface area contributed by atoms with Gasteiger partial charge in [-0.25, -0.2) is 0 Å². The Morgan fingerprint density at radius 2 is 1.76 bits per heavy atom. The summed E-state index contributed by atoms with van der Waals surface area (Å²) in [6.45, 7) is 3.64. The van der Waals surface area contributed by atoms with Crippen molar-refractivity contribution in [3.63, 3.8) is 0 Å². The molecule has 21 heavy (non-hydrogen) atoms. The van der Waals surface area contributed by atoms with Crippen LogP contribution in [0.2, 0.25) is 0 Å². The van der Waals surface area contributed by atoms with Crippen LogP contribution in [0.1, 0.15) is 29.7 Å². The van der Waals surface area contributed by atoms with Gasteiger partial charge in [-0.05, 0) is 49.2 Å². The van der Waals surface area contributed by atoms with Gasteiger partial charge in [0.2, 0.25) is 0 Å². The fraction of sp³-hybridized carbons (Fsp3) is 0.250. The van der Waals surface area contributed by atoms with Gasteiger partial charge < -0.3 is 5.32 Å². The lowest BCUT2D eigenvalue weighted by atomic mass is 10.0. The fourth-order valence-corrected chi connectivity index (χ4v) is 2.71. The van der Waals surface area contributed by atoms with Gasteiger partial charge in [0, 0.05) is 16.2 Å². The zero-order valence-electron chi connectivity index (χ0n) is 11.6. The largest absolute Gasteiger partial charge is 0.416 e. The molecule has 1 unspecified atom stereocenters. The van der Waals surface area contributed by atoms with Crippen LogP contribution in [-0.2, 0) is 6.18 Å². The molecule has 0 bridgehead atoms. The molecule has 0 aliphatic carbocycles. The summed E-state index contributed by atoms with van der Waals surface area (Å²) in [6, 6.07) is 10.8. The lowest BCUT2D eigenvalue weighted by molar-refractivity contribution is -0.138. The number of rotatable bonds is 3. The summed E-state index contributed by atoms with van der Waals surface area (Å²) in [5, 5.41) is 3.15. The van der Waals surface area contributed by atoms with Gasteiger partial charge in [0.25, 0.3) is 0 Å². The Balaban J connectivity index is 2.31. The minimum Gasteiger partial charge on any atom is -0.378 e. The zero-order chi connectivity index (χ0) is 15.6. The van der Waals surface area contributed by atoms with E-state index < -0.39 is 17.8 Å².